The molecule has 0 unspecified atom stereocenters. The van der Waals surface area contributed by atoms with Crippen LogP contribution in [0.25, 0.3) is 0 Å². The van der Waals surface area contributed by atoms with Gasteiger partial charge in [-0.25, -0.2) is 10.4 Å². The topological polar surface area (TPSA) is 37.3 Å². The zero-order chi connectivity index (χ0) is 12.2. The zero-order valence-electron chi connectivity index (χ0n) is 12.4. The molecule has 1 rings (SSSR count). The fourth-order valence-corrected chi connectivity index (χ4v) is 1.41. The summed E-state index contributed by atoms with van der Waals surface area (Å²) in [6.07, 6.45) is 7.76. The maximum absolute atomic E-state index is 9.13. The van der Waals surface area contributed by atoms with E-state index in [1.165, 1.54) is 22.6 Å². The molecule has 0 aromatic carbocycles. The second-order valence-corrected chi connectivity index (χ2v) is 4.07. The van der Waals surface area contributed by atoms with Crippen molar-refractivity contribution in [2.24, 2.45) is 5.41 Å². The van der Waals surface area contributed by atoms with Crippen LogP contribution in [-0.2, 0) is 26.5 Å². The first kappa shape index (κ1) is 25.9. The van der Waals surface area contributed by atoms with Crippen molar-refractivity contribution in [1.29, 1.82) is 0 Å². The average Bonchev–Trinajstić information content (AvgIpc) is 2.30. The molecule has 18 heavy (non-hydrogen) atoms. The molecule has 0 saturated carbocycles. The van der Waals surface area contributed by atoms with Crippen molar-refractivity contribution in [3.63, 3.8) is 0 Å². The number of carboxylic acid groups (broad SMARTS) is 1. The summed E-state index contributed by atoms with van der Waals surface area (Å²) >= 11 is 0. The smallest absolute Gasteiger partial charge is 0.472 e. The van der Waals surface area contributed by atoms with E-state index in [-0.39, 0.29) is 42.0 Å². The maximum atomic E-state index is 9.13. The van der Waals surface area contributed by atoms with E-state index in [2.05, 4.69) is 47.1 Å². The summed E-state index contributed by atoms with van der Waals surface area (Å²) in [7, 11) is 0. The summed E-state index contributed by atoms with van der Waals surface area (Å²) in [4.78, 5) is 9.13. The van der Waals surface area contributed by atoms with Crippen molar-refractivity contribution >= 4 is 5.97 Å². The summed E-state index contributed by atoms with van der Waals surface area (Å²) in [6.45, 7) is 10.9. The van der Waals surface area contributed by atoms with Gasteiger partial charge in [-0.1, -0.05) is 33.1 Å². The SMILES string of the molecule is C#CC(=O)O.CC1=[C-]C(C)(C)C(C)=C1C.[CH3-].[CH3-].[Ti+3]. The molecule has 0 heterocycles. The molecule has 2 nitrogen and oxygen atoms in total. The number of carbonyl (C=O) groups is 1. The minimum atomic E-state index is -1.22. The van der Waals surface area contributed by atoms with Crippen LogP contribution in [0.2, 0.25) is 0 Å². The molecule has 0 fully saturated rings. The van der Waals surface area contributed by atoms with Gasteiger partial charge in [0.05, 0.1) is 0 Å². The zero-order valence-corrected chi connectivity index (χ0v) is 14.0. The fraction of sp³-hybridized carbons (Fsp3) is 0.400. The summed E-state index contributed by atoms with van der Waals surface area (Å²) in [5.74, 6) is 0.227. The largest absolute Gasteiger partial charge is 3.00 e. The molecular weight excluding hydrogens is 260 g/mol. The maximum Gasteiger partial charge on any atom is 3.00 e. The summed E-state index contributed by atoms with van der Waals surface area (Å²) in [6, 6.07) is 0. The predicted molar refractivity (Wildman–Crippen MR) is 73.9 cm³/mol. The number of rotatable bonds is 0. The van der Waals surface area contributed by atoms with Gasteiger partial charge in [0.2, 0.25) is 0 Å². The van der Waals surface area contributed by atoms with E-state index in [0.29, 0.717) is 0 Å². The number of hydrogen-bond donors (Lipinski definition) is 1. The average molecular weight is 283 g/mol. The molecule has 1 aliphatic carbocycles. The molecule has 1 radical (unpaired) electrons. The minimum absolute atomic E-state index is 0. The van der Waals surface area contributed by atoms with E-state index in [1.54, 1.807) is 0 Å². The Morgan fingerprint density at radius 2 is 1.61 bits per heavy atom. The van der Waals surface area contributed by atoms with Crippen LogP contribution in [0.5, 0.6) is 0 Å². The molecular formula is C15H23O2Ti. The number of hydrogen-bond acceptors (Lipinski definition) is 1. The van der Waals surface area contributed by atoms with Crippen molar-refractivity contribution in [3.05, 3.63) is 37.6 Å². The fourth-order valence-electron chi connectivity index (χ4n) is 1.41. The van der Waals surface area contributed by atoms with E-state index in [1.807, 2.05) is 0 Å². The molecule has 0 aliphatic heterocycles. The van der Waals surface area contributed by atoms with Crippen LogP contribution in [0, 0.1) is 38.7 Å². The normalized spacial score (nSPS) is 14.6. The Balaban J connectivity index is -0.000000109. The van der Waals surface area contributed by atoms with Crippen LogP contribution in [0.1, 0.15) is 34.6 Å². The number of terminal acetylenes is 1. The first-order valence-corrected chi connectivity index (χ1v) is 4.72. The van der Waals surface area contributed by atoms with Crippen molar-refractivity contribution < 1.29 is 31.6 Å². The quantitative estimate of drug-likeness (QED) is 0.418. The Hall–Kier alpha value is -0.776. The van der Waals surface area contributed by atoms with Gasteiger partial charge < -0.3 is 20.0 Å². The van der Waals surface area contributed by atoms with E-state index in [9.17, 15) is 0 Å². The molecule has 0 saturated heterocycles. The Morgan fingerprint density at radius 1 is 1.28 bits per heavy atom. The van der Waals surface area contributed by atoms with E-state index in [4.69, 9.17) is 9.90 Å². The third-order valence-corrected chi connectivity index (χ3v) is 2.69. The van der Waals surface area contributed by atoms with Gasteiger partial charge in [0.25, 0.3) is 0 Å². The van der Waals surface area contributed by atoms with Gasteiger partial charge in [0.15, 0.2) is 0 Å². The van der Waals surface area contributed by atoms with E-state index >= 15 is 0 Å². The summed E-state index contributed by atoms with van der Waals surface area (Å²) in [5.41, 5.74) is 4.39. The molecule has 0 spiro atoms. The van der Waals surface area contributed by atoms with Crippen molar-refractivity contribution in [2.45, 2.75) is 34.6 Å². The minimum Gasteiger partial charge on any atom is -0.472 e. The van der Waals surface area contributed by atoms with Gasteiger partial charge in [-0.15, -0.1) is 13.3 Å². The monoisotopic (exact) mass is 283 g/mol. The molecule has 0 atom stereocenters. The van der Waals surface area contributed by atoms with Gasteiger partial charge in [0.1, 0.15) is 0 Å². The second-order valence-electron chi connectivity index (χ2n) is 4.07. The van der Waals surface area contributed by atoms with Crippen LogP contribution >= 0.6 is 0 Å². The molecule has 0 bridgehead atoms. The van der Waals surface area contributed by atoms with E-state index < -0.39 is 5.97 Å². The second kappa shape index (κ2) is 10.2. The summed E-state index contributed by atoms with van der Waals surface area (Å²) < 4.78 is 0. The number of carboxylic acids is 1. The van der Waals surface area contributed by atoms with Gasteiger partial charge >= 0.3 is 27.7 Å². The third kappa shape index (κ3) is 7.53. The number of allylic oxidation sites excluding steroid dienone is 4. The van der Waals surface area contributed by atoms with Gasteiger partial charge in [0, 0.05) is 5.92 Å². The van der Waals surface area contributed by atoms with Gasteiger partial charge in [-0.3, -0.25) is 6.08 Å². The molecule has 99 valence electrons. The van der Waals surface area contributed by atoms with Crippen LogP contribution in [0.4, 0.5) is 0 Å². The Morgan fingerprint density at radius 3 is 1.67 bits per heavy atom. The van der Waals surface area contributed by atoms with Gasteiger partial charge in [-0.2, -0.15) is 11.1 Å². The first-order valence-electron chi connectivity index (χ1n) is 4.72. The number of aliphatic carboxylic acids is 1. The first-order chi connectivity index (χ1) is 6.72. The van der Waals surface area contributed by atoms with Gasteiger partial charge in [-0.05, 0) is 0 Å². The predicted octanol–water partition coefficient (Wildman–Crippen LogP) is 3.71. The Kier molecular flexibility index (Phi) is 14.7. The molecule has 1 N–H and O–H groups in total. The Labute approximate surface area is 127 Å². The van der Waals surface area contributed by atoms with Crippen LogP contribution in [-0.4, -0.2) is 11.1 Å². The third-order valence-electron chi connectivity index (χ3n) is 2.69. The standard InChI is InChI=1S/C10H15.C3H2O2.2CH3.Ti/c1-7-6-10(4,5)9(3)8(7)2;1-2-3(4)5;;;/h1-5H3;1H,(H,4,5);2*1H3;/q-1;;2*-1;+3. The van der Waals surface area contributed by atoms with E-state index in [0.717, 1.165) is 0 Å². The van der Waals surface area contributed by atoms with Crippen LogP contribution < -0.4 is 0 Å². The van der Waals surface area contributed by atoms with Crippen molar-refractivity contribution in [3.8, 4) is 12.3 Å². The molecule has 0 amide bonds. The molecule has 3 heteroatoms. The molecule has 0 aromatic heterocycles. The summed E-state index contributed by atoms with van der Waals surface area (Å²) in [5, 5.41) is 7.49. The van der Waals surface area contributed by atoms with Crippen molar-refractivity contribution in [2.75, 3.05) is 0 Å². The van der Waals surface area contributed by atoms with Crippen LogP contribution in [0.15, 0.2) is 16.7 Å². The molecule has 1 aliphatic rings. The van der Waals surface area contributed by atoms with Crippen molar-refractivity contribution in [1.82, 2.24) is 0 Å². The van der Waals surface area contributed by atoms with Crippen LogP contribution in [0.3, 0.4) is 0 Å². The molecule has 0 aromatic rings. The Bertz CT molecular complexity index is 368.